The number of pyridine rings is 1. The van der Waals surface area contributed by atoms with Crippen LogP contribution in [0.3, 0.4) is 0 Å². The van der Waals surface area contributed by atoms with E-state index in [9.17, 15) is 5.11 Å². The fourth-order valence-corrected chi connectivity index (χ4v) is 4.12. The van der Waals surface area contributed by atoms with Crippen LogP contribution in [0.2, 0.25) is 0 Å². The predicted octanol–water partition coefficient (Wildman–Crippen LogP) is 4.66. The lowest BCUT2D eigenvalue weighted by molar-refractivity contribution is -0.0949. The molecule has 1 aromatic heterocycles. The van der Waals surface area contributed by atoms with E-state index in [0.29, 0.717) is 0 Å². The quantitative estimate of drug-likeness (QED) is 0.825. The number of hydrogen-bond donors (Lipinski definition) is 1. The van der Waals surface area contributed by atoms with Crippen LogP contribution < -0.4 is 0 Å². The Hall–Kier alpha value is -1.41. The molecule has 1 saturated carbocycles. The van der Waals surface area contributed by atoms with Gasteiger partial charge in [0.1, 0.15) is 0 Å². The van der Waals surface area contributed by atoms with Crippen molar-refractivity contribution >= 4 is 10.8 Å². The lowest BCUT2D eigenvalue weighted by Crippen LogP contribution is -2.44. The van der Waals surface area contributed by atoms with Gasteiger partial charge in [-0.1, -0.05) is 51.8 Å². The van der Waals surface area contributed by atoms with Crippen LogP contribution >= 0.6 is 0 Å². The third kappa shape index (κ3) is 2.46. The molecule has 0 radical (unpaired) electrons. The van der Waals surface area contributed by atoms with Crippen LogP contribution in [0.1, 0.15) is 52.0 Å². The van der Waals surface area contributed by atoms with Crippen molar-refractivity contribution in [3.05, 3.63) is 42.2 Å². The van der Waals surface area contributed by atoms with Crippen LogP contribution in [0, 0.1) is 11.3 Å². The average Bonchev–Trinajstić information content (AvgIpc) is 2.46. The van der Waals surface area contributed by atoms with Gasteiger partial charge in [-0.3, -0.25) is 4.98 Å². The first-order chi connectivity index (χ1) is 9.93. The summed E-state index contributed by atoms with van der Waals surface area (Å²) < 4.78 is 0. The summed E-state index contributed by atoms with van der Waals surface area (Å²) in [5.41, 5.74) is 0.422. The molecule has 112 valence electrons. The van der Waals surface area contributed by atoms with E-state index in [1.165, 1.54) is 6.42 Å². The van der Waals surface area contributed by atoms with E-state index < -0.39 is 5.60 Å². The maximum atomic E-state index is 11.6. The maximum absolute atomic E-state index is 11.6. The normalized spacial score (nSPS) is 27.0. The topological polar surface area (TPSA) is 33.1 Å². The van der Waals surface area contributed by atoms with Crippen molar-refractivity contribution in [2.75, 3.05) is 0 Å². The summed E-state index contributed by atoms with van der Waals surface area (Å²) in [7, 11) is 0. The maximum Gasteiger partial charge on any atom is 0.0936 e. The highest BCUT2D eigenvalue weighted by Gasteiger charge is 2.46. The van der Waals surface area contributed by atoms with Gasteiger partial charge in [0.2, 0.25) is 0 Å². The molecule has 0 spiro atoms. The molecular weight excluding hydrogens is 258 g/mol. The highest BCUT2D eigenvalue weighted by atomic mass is 16.3. The molecule has 2 aromatic rings. The standard InChI is InChI=1S/C19H25NO/c1-18(2,3)17-9-4-5-11-19(17,21)16-8-6-7-14-10-12-20-13-15(14)16/h6-8,10,12-13,17,21H,4-5,9,11H2,1-3H3. The highest BCUT2D eigenvalue weighted by Crippen LogP contribution is 2.50. The monoisotopic (exact) mass is 283 g/mol. The van der Waals surface area contributed by atoms with Gasteiger partial charge in [-0.2, -0.15) is 0 Å². The molecule has 2 unspecified atom stereocenters. The van der Waals surface area contributed by atoms with Gasteiger partial charge in [0.25, 0.3) is 0 Å². The van der Waals surface area contributed by atoms with Crippen molar-refractivity contribution in [3.63, 3.8) is 0 Å². The number of nitrogens with zero attached hydrogens (tertiary/aromatic N) is 1. The molecule has 1 heterocycles. The molecule has 3 rings (SSSR count). The summed E-state index contributed by atoms with van der Waals surface area (Å²) >= 11 is 0. The van der Waals surface area contributed by atoms with Crippen molar-refractivity contribution in [2.45, 2.75) is 52.1 Å². The Bertz CT molecular complexity index is 638. The molecule has 1 aliphatic carbocycles. The molecule has 2 nitrogen and oxygen atoms in total. The SMILES string of the molecule is CC(C)(C)C1CCCCC1(O)c1cccc2ccncc12. The first kappa shape index (κ1) is 14.5. The Morgan fingerprint density at radius 2 is 2.00 bits per heavy atom. The minimum absolute atomic E-state index is 0.0968. The lowest BCUT2D eigenvalue weighted by Gasteiger charge is -2.47. The minimum atomic E-state index is -0.737. The molecule has 0 saturated heterocycles. The molecule has 0 aliphatic heterocycles. The van der Waals surface area contributed by atoms with Crippen molar-refractivity contribution in [1.82, 2.24) is 4.98 Å². The smallest absolute Gasteiger partial charge is 0.0936 e. The zero-order chi connectivity index (χ0) is 15.1. The van der Waals surface area contributed by atoms with Gasteiger partial charge < -0.3 is 5.11 Å². The number of hydrogen-bond acceptors (Lipinski definition) is 2. The van der Waals surface area contributed by atoms with Gasteiger partial charge in [-0.25, -0.2) is 0 Å². The van der Waals surface area contributed by atoms with E-state index in [0.717, 1.165) is 35.6 Å². The molecule has 0 amide bonds. The Labute approximate surface area is 127 Å². The van der Waals surface area contributed by atoms with Gasteiger partial charge >= 0.3 is 0 Å². The Kier molecular flexibility index (Phi) is 3.53. The fraction of sp³-hybridized carbons (Fsp3) is 0.526. The third-order valence-corrected chi connectivity index (χ3v) is 5.07. The van der Waals surface area contributed by atoms with E-state index in [4.69, 9.17) is 0 Å². The number of aromatic nitrogens is 1. The second kappa shape index (κ2) is 5.10. The number of aliphatic hydroxyl groups is 1. The highest BCUT2D eigenvalue weighted by molar-refractivity contribution is 5.85. The second-order valence-corrected chi connectivity index (χ2v) is 7.49. The van der Waals surface area contributed by atoms with E-state index in [2.05, 4.69) is 44.0 Å². The molecule has 2 heteroatoms. The first-order valence-corrected chi connectivity index (χ1v) is 7.98. The summed E-state index contributed by atoms with van der Waals surface area (Å²) in [4.78, 5) is 4.28. The molecule has 1 N–H and O–H groups in total. The molecule has 21 heavy (non-hydrogen) atoms. The Morgan fingerprint density at radius 1 is 1.19 bits per heavy atom. The molecular formula is C19H25NO. The number of fused-ring (bicyclic) bond motifs is 1. The van der Waals surface area contributed by atoms with Crippen LogP contribution in [0.5, 0.6) is 0 Å². The zero-order valence-electron chi connectivity index (χ0n) is 13.3. The molecule has 0 bridgehead atoms. The number of rotatable bonds is 1. The fourth-order valence-electron chi connectivity index (χ4n) is 4.12. The van der Waals surface area contributed by atoms with Gasteiger partial charge in [0.05, 0.1) is 5.60 Å². The van der Waals surface area contributed by atoms with Crippen molar-refractivity contribution < 1.29 is 5.11 Å². The van der Waals surface area contributed by atoms with Gasteiger partial charge in [0.15, 0.2) is 0 Å². The lowest BCUT2D eigenvalue weighted by atomic mass is 9.61. The summed E-state index contributed by atoms with van der Waals surface area (Å²) in [5, 5.41) is 13.9. The Morgan fingerprint density at radius 3 is 2.76 bits per heavy atom. The summed E-state index contributed by atoms with van der Waals surface area (Å²) in [6.07, 6.45) is 7.97. The van der Waals surface area contributed by atoms with Crippen molar-refractivity contribution in [3.8, 4) is 0 Å². The molecule has 2 atom stereocenters. The van der Waals surface area contributed by atoms with Gasteiger partial charge in [-0.15, -0.1) is 0 Å². The predicted molar refractivity (Wildman–Crippen MR) is 87.1 cm³/mol. The minimum Gasteiger partial charge on any atom is -0.385 e. The van der Waals surface area contributed by atoms with Crippen LogP contribution in [-0.2, 0) is 5.60 Å². The third-order valence-electron chi connectivity index (χ3n) is 5.07. The molecule has 1 aliphatic rings. The van der Waals surface area contributed by atoms with E-state index in [1.807, 2.05) is 18.5 Å². The summed E-state index contributed by atoms with van der Waals surface area (Å²) in [5.74, 6) is 0.282. The zero-order valence-corrected chi connectivity index (χ0v) is 13.3. The second-order valence-electron chi connectivity index (χ2n) is 7.49. The first-order valence-electron chi connectivity index (χ1n) is 7.98. The van der Waals surface area contributed by atoms with E-state index in [1.54, 1.807) is 0 Å². The van der Waals surface area contributed by atoms with Crippen molar-refractivity contribution in [1.29, 1.82) is 0 Å². The largest absolute Gasteiger partial charge is 0.385 e. The van der Waals surface area contributed by atoms with Gasteiger partial charge in [0, 0.05) is 17.8 Å². The average molecular weight is 283 g/mol. The van der Waals surface area contributed by atoms with Crippen LogP contribution in [0.4, 0.5) is 0 Å². The van der Waals surface area contributed by atoms with E-state index in [-0.39, 0.29) is 11.3 Å². The van der Waals surface area contributed by atoms with Crippen molar-refractivity contribution in [2.24, 2.45) is 11.3 Å². The van der Waals surface area contributed by atoms with Crippen LogP contribution in [0.25, 0.3) is 10.8 Å². The van der Waals surface area contributed by atoms with Crippen LogP contribution in [-0.4, -0.2) is 10.1 Å². The Balaban J connectivity index is 2.18. The van der Waals surface area contributed by atoms with Gasteiger partial charge in [-0.05, 0) is 41.2 Å². The number of benzene rings is 1. The molecule has 1 fully saturated rings. The molecule has 1 aromatic carbocycles. The summed E-state index contributed by atoms with van der Waals surface area (Å²) in [6.45, 7) is 6.74. The van der Waals surface area contributed by atoms with Crippen LogP contribution in [0.15, 0.2) is 36.7 Å². The van der Waals surface area contributed by atoms with E-state index >= 15 is 0 Å². The summed E-state index contributed by atoms with van der Waals surface area (Å²) in [6, 6.07) is 8.27.